The number of aryl methyl sites for hydroxylation is 1. The molecule has 2 aliphatic rings. The second-order valence-electron chi connectivity index (χ2n) is 9.45. The van der Waals surface area contributed by atoms with Gasteiger partial charge in [0.2, 0.25) is 5.88 Å². The van der Waals surface area contributed by atoms with E-state index >= 15 is 0 Å². The van der Waals surface area contributed by atoms with E-state index in [1.807, 2.05) is 35.3 Å². The van der Waals surface area contributed by atoms with Crippen molar-refractivity contribution < 1.29 is 18.7 Å². The largest absolute Gasteiger partial charge is 0.474 e. The number of ether oxygens (including phenoxy) is 1. The van der Waals surface area contributed by atoms with Crippen LogP contribution in [0, 0.1) is 12.7 Å². The van der Waals surface area contributed by atoms with E-state index in [1.54, 1.807) is 12.3 Å². The smallest absolute Gasteiger partial charge is 0.257 e. The molecule has 190 valence electrons. The number of carbonyl (C=O) groups excluding carboxylic acids is 2. The maximum Gasteiger partial charge on any atom is 0.257 e. The standard InChI is InChI=1S/C26H30FN5O3S/c1-16-14-28-23-21(3-2-10-32(16)23)24(33)30-18-4-6-19(7-5-18)31-25(34)22-13-17(27)15-29-26(22)35-20-8-11-36-12-9-20/h2-3,10,13-15,18-20H,4-9,11-12H2,1H3,(H,30,33)(H,31,34). The van der Waals surface area contributed by atoms with Crippen molar-refractivity contribution in [2.24, 2.45) is 0 Å². The number of nitrogens with one attached hydrogen (secondary N) is 2. The van der Waals surface area contributed by atoms with Crippen LogP contribution >= 0.6 is 11.8 Å². The molecule has 0 atom stereocenters. The Morgan fingerprint density at radius 2 is 1.67 bits per heavy atom. The number of imidazole rings is 1. The summed E-state index contributed by atoms with van der Waals surface area (Å²) in [6.07, 6.45) is 9.37. The highest BCUT2D eigenvalue weighted by Crippen LogP contribution is 2.26. The Hall–Kier alpha value is -3.14. The van der Waals surface area contributed by atoms with E-state index in [1.165, 1.54) is 6.07 Å². The molecule has 0 spiro atoms. The van der Waals surface area contributed by atoms with Crippen LogP contribution in [-0.2, 0) is 0 Å². The van der Waals surface area contributed by atoms with Crippen LogP contribution in [-0.4, -0.2) is 55.9 Å². The summed E-state index contributed by atoms with van der Waals surface area (Å²) in [6.45, 7) is 1.95. The molecule has 2 N–H and O–H groups in total. The number of hydrogen-bond acceptors (Lipinski definition) is 6. The minimum absolute atomic E-state index is 0.00782. The topological polar surface area (TPSA) is 97.6 Å². The van der Waals surface area contributed by atoms with Gasteiger partial charge >= 0.3 is 0 Å². The minimum Gasteiger partial charge on any atom is -0.474 e. The van der Waals surface area contributed by atoms with Crippen LogP contribution in [0.15, 0.2) is 36.8 Å². The van der Waals surface area contributed by atoms with Gasteiger partial charge in [0.05, 0.1) is 11.8 Å². The van der Waals surface area contributed by atoms with Crippen LogP contribution in [0.4, 0.5) is 4.39 Å². The van der Waals surface area contributed by atoms with Gasteiger partial charge in [-0.1, -0.05) is 0 Å². The van der Waals surface area contributed by atoms with E-state index in [-0.39, 0.29) is 41.4 Å². The first-order valence-corrected chi connectivity index (χ1v) is 13.6. The number of carbonyl (C=O) groups is 2. The number of aromatic nitrogens is 3. The molecule has 0 unspecified atom stereocenters. The Bertz CT molecular complexity index is 1250. The van der Waals surface area contributed by atoms with Gasteiger partial charge in [-0.2, -0.15) is 11.8 Å². The maximum atomic E-state index is 13.9. The number of nitrogens with zero attached hydrogens (tertiary/aromatic N) is 3. The van der Waals surface area contributed by atoms with Crippen molar-refractivity contribution in [2.45, 2.75) is 63.6 Å². The summed E-state index contributed by atoms with van der Waals surface area (Å²) in [5.74, 6) is 1.10. The van der Waals surface area contributed by atoms with Gasteiger partial charge in [0.15, 0.2) is 0 Å². The lowest BCUT2D eigenvalue weighted by atomic mass is 9.90. The van der Waals surface area contributed by atoms with E-state index in [9.17, 15) is 14.0 Å². The monoisotopic (exact) mass is 511 g/mol. The fourth-order valence-corrected chi connectivity index (χ4v) is 5.92. The van der Waals surface area contributed by atoms with E-state index in [2.05, 4.69) is 20.6 Å². The molecule has 0 aromatic carbocycles. The third kappa shape index (κ3) is 5.48. The average Bonchev–Trinajstić information content (AvgIpc) is 3.27. The summed E-state index contributed by atoms with van der Waals surface area (Å²) in [7, 11) is 0. The summed E-state index contributed by atoms with van der Waals surface area (Å²) < 4.78 is 21.8. The highest BCUT2D eigenvalue weighted by molar-refractivity contribution is 7.99. The van der Waals surface area contributed by atoms with Gasteiger partial charge in [0.25, 0.3) is 11.8 Å². The maximum absolute atomic E-state index is 13.9. The minimum atomic E-state index is -0.569. The molecule has 3 aromatic rings. The molecule has 2 amide bonds. The molecule has 0 bridgehead atoms. The molecular weight excluding hydrogens is 481 g/mol. The summed E-state index contributed by atoms with van der Waals surface area (Å²) in [5.41, 5.74) is 2.29. The summed E-state index contributed by atoms with van der Waals surface area (Å²) in [4.78, 5) is 34.4. The summed E-state index contributed by atoms with van der Waals surface area (Å²) in [5, 5.41) is 6.13. The van der Waals surface area contributed by atoms with Crippen LogP contribution in [0.2, 0.25) is 0 Å². The highest BCUT2D eigenvalue weighted by atomic mass is 32.2. The van der Waals surface area contributed by atoms with Crippen LogP contribution in [0.25, 0.3) is 5.65 Å². The first-order valence-electron chi connectivity index (χ1n) is 12.4. The van der Waals surface area contributed by atoms with Crippen molar-refractivity contribution >= 4 is 29.2 Å². The lowest BCUT2D eigenvalue weighted by Crippen LogP contribution is -2.44. The Morgan fingerprint density at radius 1 is 1.00 bits per heavy atom. The Kier molecular flexibility index (Phi) is 7.41. The SMILES string of the molecule is Cc1cnc2c(C(=O)NC3CCC(NC(=O)c4cc(F)cnc4OC4CCSCC4)CC3)cccn12. The van der Waals surface area contributed by atoms with Crippen LogP contribution in [0.3, 0.4) is 0 Å². The van der Waals surface area contributed by atoms with Crippen molar-refractivity contribution in [1.29, 1.82) is 0 Å². The zero-order chi connectivity index (χ0) is 25.1. The summed E-state index contributed by atoms with van der Waals surface area (Å²) >= 11 is 1.88. The van der Waals surface area contributed by atoms with E-state index in [0.29, 0.717) is 24.1 Å². The molecule has 8 nitrogen and oxygen atoms in total. The van der Waals surface area contributed by atoms with Crippen molar-refractivity contribution in [3.8, 4) is 5.88 Å². The summed E-state index contributed by atoms with van der Waals surface area (Å²) in [6, 6.07) is 4.77. The fraction of sp³-hybridized carbons (Fsp3) is 0.462. The van der Waals surface area contributed by atoms with Gasteiger partial charge in [-0.05, 0) is 75.2 Å². The van der Waals surface area contributed by atoms with Crippen LogP contribution in [0.5, 0.6) is 5.88 Å². The van der Waals surface area contributed by atoms with Gasteiger partial charge < -0.3 is 19.8 Å². The van der Waals surface area contributed by atoms with Gasteiger partial charge in [-0.3, -0.25) is 9.59 Å². The predicted molar refractivity (Wildman–Crippen MR) is 136 cm³/mol. The van der Waals surface area contributed by atoms with Gasteiger partial charge in [0, 0.05) is 30.2 Å². The number of hydrogen-bond donors (Lipinski definition) is 2. The van der Waals surface area contributed by atoms with Crippen molar-refractivity contribution in [3.05, 3.63) is 59.4 Å². The molecule has 1 aliphatic carbocycles. The number of rotatable bonds is 6. The zero-order valence-electron chi connectivity index (χ0n) is 20.2. The van der Waals surface area contributed by atoms with Crippen LogP contribution in [0.1, 0.15) is 64.9 Å². The third-order valence-corrected chi connectivity index (χ3v) is 7.92. The van der Waals surface area contributed by atoms with Gasteiger partial charge in [-0.25, -0.2) is 14.4 Å². The molecule has 3 aromatic heterocycles. The van der Waals surface area contributed by atoms with E-state index in [4.69, 9.17) is 4.74 Å². The van der Waals surface area contributed by atoms with Crippen molar-refractivity contribution in [3.63, 3.8) is 0 Å². The lowest BCUT2D eigenvalue weighted by molar-refractivity contribution is 0.0886. The second kappa shape index (κ2) is 10.9. The fourth-order valence-electron chi connectivity index (χ4n) is 4.85. The predicted octanol–water partition coefficient (Wildman–Crippen LogP) is 3.92. The highest BCUT2D eigenvalue weighted by Gasteiger charge is 2.27. The van der Waals surface area contributed by atoms with Gasteiger partial charge in [0.1, 0.15) is 23.1 Å². The van der Waals surface area contributed by atoms with Crippen molar-refractivity contribution in [1.82, 2.24) is 25.0 Å². The molecular formula is C26H30FN5O3S. The quantitative estimate of drug-likeness (QED) is 0.521. The molecule has 5 rings (SSSR count). The van der Waals surface area contributed by atoms with Crippen LogP contribution < -0.4 is 15.4 Å². The Morgan fingerprint density at radius 3 is 2.36 bits per heavy atom. The van der Waals surface area contributed by atoms with E-state index in [0.717, 1.165) is 49.1 Å². The van der Waals surface area contributed by atoms with Gasteiger partial charge in [-0.15, -0.1) is 0 Å². The molecule has 1 aliphatic heterocycles. The molecule has 1 saturated heterocycles. The molecule has 1 saturated carbocycles. The Labute approximate surface area is 213 Å². The average molecular weight is 512 g/mol. The Balaban J connectivity index is 1.17. The molecule has 36 heavy (non-hydrogen) atoms. The lowest BCUT2D eigenvalue weighted by Gasteiger charge is -2.30. The number of halogens is 1. The number of thioether (sulfide) groups is 1. The molecule has 0 radical (unpaired) electrons. The normalized spacial score (nSPS) is 20.7. The molecule has 10 heteroatoms. The third-order valence-electron chi connectivity index (χ3n) is 6.87. The first kappa shape index (κ1) is 24.5. The molecule has 2 fully saturated rings. The first-order chi connectivity index (χ1) is 17.5. The number of pyridine rings is 2. The zero-order valence-corrected chi connectivity index (χ0v) is 21.0. The second-order valence-corrected chi connectivity index (χ2v) is 10.7. The van der Waals surface area contributed by atoms with Crippen molar-refractivity contribution in [2.75, 3.05) is 11.5 Å². The molecule has 4 heterocycles. The number of fused-ring (bicyclic) bond motifs is 1. The number of amides is 2. The van der Waals surface area contributed by atoms with E-state index < -0.39 is 5.82 Å².